The van der Waals surface area contributed by atoms with Gasteiger partial charge in [0, 0.05) is 70.1 Å². The molecule has 2 amide bonds. The minimum atomic E-state index is -1.04. The number of halogens is 2. The lowest BCUT2D eigenvalue weighted by Crippen LogP contribution is -2.60. The molecule has 3 fully saturated rings. The zero-order valence-electron chi connectivity index (χ0n) is 27.8. The van der Waals surface area contributed by atoms with Gasteiger partial charge in [0.2, 0.25) is 11.8 Å². The Morgan fingerprint density at radius 1 is 1.02 bits per heavy atom. The van der Waals surface area contributed by atoms with Gasteiger partial charge in [-0.3, -0.25) is 29.5 Å². The van der Waals surface area contributed by atoms with Gasteiger partial charge in [-0.2, -0.15) is 0 Å². The van der Waals surface area contributed by atoms with Gasteiger partial charge in [0.25, 0.3) is 6.47 Å². The van der Waals surface area contributed by atoms with Crippen molar-refractivity contribution in [3.63, 3.8) is 0 Å². The monoisotopic (exact) mass is 715 g/mol. The fourth-order valence-electron chi connectivity index (χ4n) is 7.82. The number of nitrogens with zero attached hydrogens (tertiary/aromatic N) is 3. The second-order valence-corrected chi connectivity index (χ2v) is 14.5. The summed E-state index contributed by atoms with van der Waals surface area (Å²) in [7, 11) is 0. The third-order valence-electron chi connectivity index (χ3n) is 10.7. The number of aryl methyl sites for hydroxylation is 1. The predicted molar refractivity (Wildman–Crippen MR) is 188 cm³/mol. The van der Waals surface area contributed by atoms with E-state index in [-0.39, 0.29) is 46.4 Å². The number of para-hydroxylation sites is 1. The van der Waals surface area contributed by atoms with Crippen LogP contribution in [0.1, 0.15) is 49.7 Å². The number of hydrogen-bond donors (Lipinski definition) is 3. The van der Waals surface area contributed by atoms with Gasteiger partial charge < -0.3 is 24.8 Å². The van der Waals surface area contributed by atoms with Crippen LogP contribution in [0.5, 0.6) is 5.75 Å². The molecule has 3 N–H and O–H groups in total. The molecular weight excluding hydrogens is 669 g/mol. The average Bonchev–Trinajstić information content (AvgIpc) is 3.27. The largest absolute Gasteiger partial charge is 0.426 e. The highest BCUT2D eigenvalue weighted by Gasteiger charge is 2.35. The lowest BCUT2D eigenvalue weighted by atomic mass is 9.84. The van der Waals surface area contributed by atoms with Crippen molar-refractivity contribution in [2.45, 2.75) is 69.8 Å². The molecule has 3 atom stereocenters. The number of amides is 2. The summed E-state index contributed by atoms with van der Waals surface area (Å²) in [5, 5.41) is 18.1. The molecule has 6 rings (SSSR count). The number of nitrogens with one attached hydrogen (secondary N) is 2. The van der Waals surface area contributed by atoms with E-state index in [0.717, 1.165) is 76.9 Å². The highest BCUT2D eigenvalue weighted by atomic mass is 35.5. The van der Waals surface area contributed by atoms with Crippen molar-refractivity contribution in [2.75, 3.05) is 57.8 Å². The Kier molecular flexibility index (Phi) is 12.5. The van der Waals surface area contributed by atoms with Crippen LogP contribution in [0.2, 0.25) is 10.0 Å². The second-order valence-electron chi connectivity index (χ2n) is 13.7. The summed E-state index contributed by atoms with van der Waals surface area (Å²) >= 11 is 12.8. The van der Waals surface area contributed by atoms with Crippen LogP contribution in [0.4, 0.5) is 5.69 Å². The Balaban J connectivity index is 1.07. The predicted octanol–water partition coefficient (Wildman–Crippen LogP) is 3.93. The Morgan fingerprint density at radius 3 is 2.41 bits per heavy atom. The average molecular weight is 717 g/mol. The molecule has 11 nitrogen and oxygen atoms in total. The number of anilines is 1. The first-order chi connectivity index (χ1) is 23.8. The van der Waals surface area contributed by atoms with Crippen molar-refractivity contribution in [3.05, 3.63) is 57.6 Å². The van der Waals surface area contributed by atoms with Crippen LogP contribution >= 0.6 is 23.2 Å². The molecule has 4 heterocycles. The molecule has 4 aliphatic rings. The topological polar surface area (TPSA) is 124 Å². The number of carbonyl (C=O) groups is 3. The Labute approximate surface area is 298 Å². The van der Waals surface area contributed by atoms with Crippen LogP contribution in [-0.4, -0.2) is 109 Å². The summed E-state index contributed by atoms with van der Waals surface area (Å²) < 4.78 is 10.5. The van der Waals surface area contributed by atoms with E-state index in [4.69, 9.17) is 32.7 Å². The molecule has 0 aliphatic carbocycles. The lowest BCUT2D eigenvalue weighted by Gasteiger charge is -2.42. The number of carbonyl (C=O) groups excluding carboxylic acids is 3. The molecule has 2 aromatic carbocycles. The highest BCUT2D eigenvalue weighted by molar-refractivity contribution is 6.37. The Hall–Kier alpha value is -2.77. The molecule has 2 aromatic rings. The summed E-state index contributed by atoms with van der Waals surface area (Å²) in [5.41, 5.74) is 2.77. The first-order valence-electron chi connectivity index (χ1n) is 17.5. The van der Waals surface area contributed by atoms with E-state index < -0.39 is 12.4 Å². The molecular formula is C36H47Cl2N5O6. The van der Waals surface area contributed by atoms with E-state index in [9.17, 15) is 19.5 Å². The summed E-state index contributed by atoms with van der Waals surface area (Å²) in [6.07, 6.45) is 5.44. The highest BCUT2D eigenvalue weighted by Crippen LogP contribution is 2.35. The molecule has 0 saturated carbocycles. The lowest BCUT2D eigenvalue weighted by molar-refractivity contribution is -0.139. The maximum atomic E-state index is 14.1. The third kappa shape index (κ3) is 9.13. The van der Waals surface area contributed by atoms with Crippen molar-refractivity contribution in [2.24, 2.45) is 11.8 Å². The molecule has 49 heavy (non-hydrogen) atoms. The summed E-state index contributed by atoms with van der Waals surface area (Å²) in [6.45, 7) is 5.90. The van der Waals surface area contributed by atoms with Crippen LogP contribution < -0.4 is 15.4 Å². The minimum absolute atomic E-state index is 0.0390. The quantitative estimate of drug-likeness (QED) is 0.235. The number of piperidine rings is 1. The van der Waals surface area contributed by atoms with E-state index in [1.807, 2.05) is 28.0 Å². The van der Waals surface area contributed by atoms with Crippen molar-refractivity contribution in [3.8, 4) is 5.75 Å². The molecule has 0 radical (unpaired) electrons. The number of likely N-dealkylation sites (tertiary alicyclic amines) is 1. The summed E-state index contributed by atoms with van der Waals surface area (Å²) in [5.74, 6) is 0.399. The van der Waals surface area contributed by atoms with Crippen LogP contribution in [0, 0.1) is 11.8 Å². The number of rotatable bonds is 11. The summed E-state index contributed by atoms with van der Waals surface area (Å²) in [4.78, 5) is 44.3. The zero-order valence-corrected chi connectivity index (χ0v) is 29.3. The number of aliphatic hydroxyl groups excluding tert-OH is 1. The molecule has 266 valence electrons. The molecule has 0 spiro atoms. The molecule has 13 heteroatoms. The standard InChI is InChI=1S/C36H47Cl2N5O6/c37-29-20-25(21-30(38)33(29)49-23-44)22-32(35(46)42-15-13-41(14-16-42)28-9-17-48-18-10-28)40-36(47)43-11-7-24(8-12-43)19-27-6-5-26-3-1-2-4-31(26)39-34(27)45/h1-4,20-21,23-24,27-28,32,36,40,47H,5-19,22H2,(H,39,45)/t27?,32-,36?/m1/s1. The van der Waals surface area contributed by atoms with Crippen molar-refractivity contribution in [1.82, 2.24) is 20.0 Å². The van der Waals surface area contributed by atoms with Gasteiger partial charge in [-0.15, -0.1) is 0 Å². The number of piperazine rings is 1. The van der Waals surface area contributed by atoms with E-state index in [1.54, 1.807) is 12.1 Å². The minimum Gasteiger partial charge on any atom is -0.426 e. The fraction of sp³-hybridized carbons (Fsp3) is 0.583. The van der Waals surface area contributed by atoms with Gasteiger partial charge in [0.15, 0.2) is 12.1 Å². The first-order valence-corrected chi connectivity index (χ1v) is 18.3. The van der Waals surface area contributed by atoms with Gasteiger partial charge >= 0.3 is 0 Å². The molecule has 3 saturated heterocycles. The van der Waals surface area contributed by atoms with Crippen LogP contribution in [0.25, 0.3) is 0 Å². The first kappa shape index (κ1) is 36.0. The zero-order chi connectivity index (χ0) is 34.3. The molecule has 4 aliphatic heterocycles. The van der Waals surface area contributed by atoms with Crippen LogP contribution in [0.15, 0.2) is 36.4 Å². The van der Waals surface area contributed by atoms with Crippen molar-refractivity contribution < 1.29 is 29.0 Å². The molecule has 2 unspecified atom stereocenters. The fourth-order valence-corrected chi connectivity index (χ4v) is 8.45. The van der Waals surface area contributed by atoms with Gasteiger partial charge in [-0.1, -0.05) is 41.4 Å². The van der Waals surface area contributed by atoms with Crippen LogP contribution in [0.3, 0.4) is 0 Å². The van der Waals surface area contributed by atoms with E-state index >= 15 is 0 Å². The Morgan fingerprint density at radius 2 is 1.71 bits per heavy atom. The van der Waals surface area contributed by atoms with E-state index in [1.165, 1.54) is 5.56 Å². The number of benzene rings is 2. The van der Waals surface area contributed by atoms with Crippen LogP contribution in [-0.2, 0) is 32.0 Å². The van der Waals surface area contributed by atoms with Gasteiger partial charge in [0.1, 0.15) is 0 Å². The molecule has 0 bridgehead atoms. The maximum Gasteiger partial charge on any atom is 0.298 e. The SMILES string of the molecule is O=COc1c(Cl)cc(C[C@@H](NC(O)N2CCC(CC3CCc4ccccc4NC3=O)CC2)C(=O)N2CCN(C3CCOCC3)CC2)cc1Cl. The second kappa shape index (κ2) is 17.0. The summed E-state index contributed by atoms with van der Waals surface area (Å²) in [6, 6.07) is 11.0. The number of fused-ring (bicyclic) bond motifs is 1. The maximum absolute atomic E-state index is 14.1. The van der Waals surface area contributed by atoms with Gasteiger partial charge in [-0.05, 0) is 86.6 Å². The molecule has 0 aromatic heterocycles. The Bertz CT molecular complexity index is 1440. The van der Waals surface area contributed by atoms with Crippen molar-refractivity contribution >= 4 is 47.2 Å². The smallest absolute Gasteiger partial charge is 0.298 e. The third-order valence-corrected chi connectivity index (χ3v) is 11.2. The number of ether oxygens (including phenoxy) is 2. The normalized spacial score (nSPS) is 22.9. The van der Waals surface area contributed by atoms with Crippen molar-refractivity contribution in [1.29, 1.82) is 0 Å². The van der Waals surface area contributed by atoms with E-state index in [2.05, 4.69) is 21.6 Å². The number of hydrogen-bond acceptors (Lipinski definition) is 9. The van der Waals surface area contributed by atoms with Gasteiger partial charge in [-0.25, -0.2) is 0 Å². The van der Waals surface area contributed by atoms with E-state index in [0.29, 0.717) is 43.7 Å². The van der Waals surface area contributed by atoms with Gasteiger partial charge in [0.05, 0.1) is 16.1 Å². The number of aliphatic hydroxyl groups is 1.